The predicted octanol–water partition coefficient (Wildman–Crippen LogP) is 4.62. The molecule has 162 valence electrons. The van der Waals surface area contributed by atoms with Gasteiger partial charge >= 0.3 is 0 Å². The van der Waals surface area contributed by atoms with Gasteiger partial charge in [-0.15, -0.1) is 35.3 Å². The van der Waals surface area contributed by atoms with E-state index in [0.717, 1.165) is 43.0 Å². The molecule has 29 heavy (non-hydrogen) atoms. The average Bonchev–Trinajstić information content (AvgIpc) is 3.38. The molecular formula is C21H34IN5OS. The van der Waals surface area contributed by atoms with E-state index >= 15 is 0 Å². The smallest absolute Gasteiger partial charge is 0.191 e. The van der Waals surface area contributed by atoms with Gasteiger partial charge in [-0.3, -0.25) is 9.89 Å². The number of nitrogens with one attached hydrogen (secondary N) is 2. The van der Waals surface area contributed by atoms with Crippen LogP contribution in [0.4, 0.5) is 0 Å². The lowest BCUT2D eigenvalue weighted by atomic mass is 9.97. The van der Waals surface area contributed by atoms with Crippen LogP contribution in [0.3, 0.4) is 0 Å². The van der Waals surface area contributed by atoms with Crippen molar-refractivity contribution in [2.45, 2.75) is 52.1 Å². The fraction of sp³-hybridized carbons (Fsp3) is 0.619. The lowest BCUT2D eigenvalue weighted by molar-refractivity contribution is 0.140. The van der Waals surface area contributed by atoms with Crippen LogP contribution in [0.2, 0.25) is 0 Å². The van der Waals surface area contributed by atoms with Crippen LogP contribution in [-0.2, 0) is 6.54 Å². The number of halogens is 1. The molecular weight excluding hydrogens is 497 g/mol. The summed E-state index contributed by atoms with van der Waals surface area (Å²) in [5.74, 6) is 2.81. The molecule has 0 bridgehead atoms. The van der Waals surface area contributed by atoms with Crippen molar-refractivity contribution in [3.05, 3.63) is 39.9 Å². The third-order valence-corrected chi connectivity index (χ3v) is 6.39. The molecule has 2 aromatic heterocycles. The zero-order valence-electron chi connectivity index (χ0n) is 17.9. The van der Waals surface area contributed by atoms with Crippen LogP contribution < -0.4 is 10.6 Å². The molecule has 1 aliphatic rings. The summed E-state index contributed by atoms with van der Waals surface area (Å²) in [6.45, 7) is 10.3. The van der Waals surface area contributed by atoms with Gasteiger partial charge in [-0.2, -0.15) is 0 Å². The number of likely N-dealkylation sites (tertiary alicyclic amines) is 1. The van der Waals surface area contributed by atoms with E-state index in [4.69, 9.17) is 4.52 Å². The number of piperidine rings is 1. The van der Waals surface area contributed by atoms with Crippen LogP contribution in [0.25, 0.3) is 0 Å². The van der Waals surface area contributed by atoms with E-state index in [-0.39, 0.29) is 24.0 Å². The summed E-state index contributed by atoms with van der Waals surface area (Å²) in [5.41, 5.74) is 0.983. The van der Waals surface area contributed by atoms with Gasteiger partial charge < -0.3 is 15.2 Å². The highest BCUT2D eigenvalue weighted by Gasteiger charge is 2.25. The second kappa shape index (κ2) is 11.9. The Morgan fingerprint density at radius 1 is 1.34 bits per heavy atom. The normalized spacial score (nSPS) is 17.2. The molecule has 0 aromatic carbocycles. The number of hydrogen-bond donors (Lipinski definition) is 2. The molecule has 6 nitrogen and oxygen atoms in total. The predicted molar refractivity (Wildman–Crippen MR) is 131 cm³/mol. The minimum atomic E-state index is 0. The van der Waals surface area contributed by atoms with Crippen LogP contribution in [0.1, 0.15) is 61.9 Å². The zero-order valence-corrected chi connectivity index (χ0v) is 21.0. The highest BCUT2D eigenvalue weighted by atomic mass is 127. The topological polar surface area (TPSA) is 65.7 Å². The van der Waals surface area contributed by atoms with Crippen molar-refractivity contribution in [2.75, 3.05) is 26.7 Å². The zero-order chi connectivity index (χ0) is 19.9. The minimum absolute atomic E-state index is 0. The molecule has 1 fully saturated rings. The van der Waals surface area contributed by atoms with Gasteiger partial charge in [-0.1, -0.05) is 32.0 Å². The van der Waals surface area contributed by atoms with Gasteiger partial charge in [0.05, 0.1) is 18.3 Å². The summed E-state index contributed by atoms with van der Waals surface area (Å²) in [6, 6.07) is 6.77. The second-order valence-corrected chi connectivity index (χ2v) is 8.91. The number of nitrogens with zero attached hydrogens (tertiary/aromatic N) is 3. The van der Waals surface area contributed by atoms with E-state index < -0.39 is 0 Å². The lowest BCUT2D eigenvalue weighted by Gasteiger charge is -2.36. The average molecular weight is 532 g/mol. The van der Waals surface area contributed by atoms with Gasteiger partial charge in [0.15, 0.2) is 11.7 Å². The van der Waals surface area contributed by atoms with Crippen molar-refractivity contribution in [1.29, 1.82) is 0 Å². The molecule has 8 heteroatoms. The first-order valence-electron chi connectivity index (χ1n) is 10.2. The maximum absolute atomic E-state index is 5.41. The summed E-state index contributed by atoms with van der Waals surface area (Å²) in [7, 11) is 1.80. The Morgan fingerprint density at radius 2 is 2.10 bits per heavy atom. The number of aromatic nitrogens is 1. The summed E-state index contributed by atoms with van der Waals surface area (Å²) in [4.78, 5) is 8.39. The molecule has 1 aliphatic heterocycles. The Kier molecular flexibility index (Phi) is 9.91. The summed E-state index contributed by atoms with van der Waals surface area (Å²) >= 11 is 1.84. The molecule has 0 amide bonds. The number of aliphatic imine (C=N–C) groups is 1. The fourth-order valence-corrected chi connectivity index (χ4v) is 4.36. The molecule has 0 radical (unpaired) electrons. The molecule has 3 rings (SSSR count). The standard InChI is InChI=1S/C21H33N5OS.HI/c1-15(2)18-12-17(27-25-18)13-23-21(22-4)24-14-19(20-6-5-11-28-20)26-9-7-16(3)8-10-26;/h5-6,11-12,15-16,19H,7-10,13-14H2,1-4H3,(H2,22,23,24);1H. The van der Waals surface area contributed by atoms with E-state index in [9.17, 15) is 0 Å². The molecule has 3 heterocycles. The van der Waals surface area contributed by atoms with Crippen LogP contribution in [0.15, 0.2) is 33.1 Å². The first-order chi connectivity index (χ1) is 13.6. The Balaban J connectivity index is 0.00000300. The van der Waals surface area contributed by atoms with E-state index in [2.05, 4.69) is 64.0 Å². The van der Waals surface area contributed by atoms with E-state index in [1.165, 1.54) is 17.7 Å². The second-order valence-electron chi connectivity index (χ2n) is 7.93. The highest BCUT2D eigenvalue weighted by molar-refractivity contribution is 14.0. The molecule has 0 aliphatic carbocycles. The third-order valence-electron chi connectivity index (χ3n) is 5.42. The summed E-state index contributed by atoms with van der Waals surface area (Å²) in [6.07, 6.45) is 2.55. The molecule has 0 spiro atoms. The van der Waals surface area contributed by atoms with Crippen LogP contribution in [0.5, 0.6) is 0 Å². The molecule has 1 unspecified atom stereocenters. The van der Waals surface area contributed by atoms with Crippen molar-refractivity contribution >= 4 is 41.3 Å². The van der Waals surface area contributed by atoms with Crippen molar-refractivity contribution in [3.63, 3.8) is 0 Å². The number of hydrogen-bond acceptors (Lipinski definition) is 5. The maximum atomic E-state index is 5.41. The largest absolute Gasteiger partial charge is 0.359 e. The number of guanidine groups is 1. The van der Waals surface area contributed by atoms with Crippen molar-refractivity contribution in [1.82, 2.24) is 20.7 Å². The molecule has 0 saturated carbocycles. The van der Waals surface area contributed by atoms with Crippen molar-refractivity contribution in [2.24, 2.45) is 10.9 Å². The molecule has 1 saturated heterocycles. The van der Waals surface area contributed by atoms with E-state index in [1.54, 1.807) is 7.05 Å². The molecule has 2 aromatic rings. The molecule has 1 atom stereocenters. The van der Waals surface area contributed by atoms with Crippen molar-refractivity contribution in [3.8, 4) is 0 Å². The van der Waals surface area contributed by atoms with Gasteiger partial charge in [0.2, 0.25) is 0 Å². The summed E-state index contributed by atoms with van der Waals surface area (Å²) in [5, 5.41) is 13.1. The number of thiophene rings is 1. The number of rotatable bonds is 7. The van der Waals surface area contributed by atoms with Gasteiger partial charge in [-0.05, 0) is 49.2 Å². The Labute approximate surface area is 195 Å². The van der Waals surface area contributed by atoms with E-state index in [1.807, 2.05) is 17.4 Å². The van der Waals surface area contributed by atoms with Crippen LogP contribution >= 0.6 is 35.3 Å². The minimum Gasteiger partial charge on any atom is -0.359 e. The quantitative estimate of drug-likeness (QED) is 0.310. The van der Waals surface area contributed by atoms with Crippen LogP contribution in [-0.4, -0.2) is 42.7 Å². The monoisotopic (exact) mass is 531 g/mol. The van der Waals surface area contributed by atoms with Crippen LogP contribution in [0, 0.1) is 5.92 Å². The highest BCUT2D eigenvalue weighted by Crippen LogP contribution is 2.29. The first-order valence-corrected chi connectivity index (χ1v) is 11.1. The van der Waals surface area contributed by atoms with Gasteiger partial charge in [0.1, 0.15) is 0 Å². The summed E-state index contributed by atoms with van der Waals surface area (Å²) < 4.78 is 5.41. The molecule has 2 N–H and O–H groups in total. The Bertz CT molecular complexity index is 738. The Morgan fingerprint density at radius 3 is 2.69 bits per heavy atom. The fourth-order valence-electron chi connectivity index (χ4n) is 3.50. The van der Waals surface area contributed by atoms with Gasteiger partial charge in [-0.25, -0.2) is 0 Å². The maximum Gasteiger partial charge on any atom is 0.191 e. The SMILES string of the molecule is CN=C(NCc1cc(C(C)C)no1)NCC(c1cccs1)N1CCC(C)CC1.I. The lowest BCUT2D eigenvalue weighted by Crippen LogP contribution is -2.44. The third kappa shape index (κ3) is 6.96. The Hall–Kier alpha value is -1.13. The first kappa shape index (κ1) is 24.1. The van der Waals surface area contributed by atoms with Gasteiger partial charge in [0.25, 0.3) is 0 Å². The van der Waals surface area contributed by atoms with E-state index in [0.29, 0.717) is 18.5 Å². The van der Waals surface area contributed by atoms with Gasteiger partial charge in [0, 0.05) is 24.5 Å². The van der Waals surface area contributed by atoms with Crippen molar-refractivity contribution < 1.29 is 4.52 Å².